The molecule has 1 saturated heterocycles. The first kappa shape index (κ1) is 15.1. The van der Waals surface area contributed by atoms with Gasteiger partial charge in [0, 0.05) is 24.4 Å². The van der Waals surface area contributed by atoms with E-state index in [-0.39, 0.29) is 36.7 Å². The summed E-state index contributed by atoms with van der Waals surface area (Å²) in [6.07, 6.45) is 1.53. The normalized spacial score (nSPS) is 17.6. The number of nitriles is 1. The van der Waals surface area contributed by atoms with Crippen LogP contribution in [-0.4, -0.2) is 27.5 Å². The second-order valence-corrected chi connectivity index (χ2v) is 5.36. The summed E-state index contributed by atoms with van der Waals surface area (Å²) in [5.74, 6) is -4.69. The molecule has 0 radical (unpaired) electrons. The lowest BCUT2D eigenvalue weighted by atomic mass is 9.98. The summed E-state index contributed by atoms with van der Waals surface area (Å²) >= 11 is 0. The van der Waals surface area contributed by atoms with Crippen molar-refractivity contribution in [3.05, 3.63) is 52.6 Å². The van der Waals surface area contributed by atoms with Crippen molar-refractivity contribution >= 4 is 5.91 Å². The fourth-order valence-electron chi connectivity index (χ4n) is 2.69. The van der Waals surface area contributed by atoms with E-state index in [1.807, 2.05) is 6.07 Å². The Balaban J connectivity index is 1.79. The molecule has 8 heteroatoms. The molecule has 0 saturated carbocycles. The molecule has 1 N–H and O–H groups in total. The number of amides is 1. The summed E-state index contributed by atoms with van der Waals surface area (Å²) < 4.78 is 39.7. The highest BCUT2D eigenvalue weighted by atomic mass is 19.2. The number of likely N-dealkylation sites (tertiary alicyclic amines) is 1. The van der Waals surface area contributed by atoms with E-state index in [1.165, 1.54) is 11.1 Å². The topological polar surface area (TPSA) is 72.8 Å². The standard InChI is InChI=1S/C15H11F3N4O/c16-11-1-8(2-12(17)15(11)18)9-3-14(23)22(6-9)7-10-5-20-21-13(10)4-19/h1-2,5,9H,3,6-7H2,(H,20,21). The van der Waals surface area contributed by atoms with Crippen molar-refractivity contribution in [2.45, 2.75) is 18.9 Å². The Hall–Kier alpha value is -2.82. The minimum atomic E-state index is -1.52. The zero-order valence-corrected chi connectivity index (χ0v) is 11.8. The molecule has 1 aromatic carbocycles. The maximum absolute atomic E-state index is 13.3. The fraction of sp³-hybridized carbons (Fsp3) is 0.267. The number of nitrogens with zero attached hydrogens (tertiary/aromatic N) is 3. The Labute approximate surface area is 129 Å². The number of H-pyrrole nitrogens is 1. The van der Waals surface area contributed by atoms with Crippen molar-refractivity contribution in [3.63, 3.8) is 0 Å². The van der Waals surface area contributed by atoms with Crippen LogP contribution in [0.3, 0.4) is 0 Å². The van der Waals surface area contributed by atoms with Crippen LogP contribution >= 0.6 is 0 Å². The van der Waals surface area contributed by atoms with Gasteiger partial charge in [-0.2, -0.15) is 10.4 Å². The third-order valence-electron chi connectivity index (χ3n) is 3.88. The van der Waals surface area contributed by atoms with Gasteiger partial charge in [-0.25, -0.2) is 13.2 Å². The number of hydrogen-bond donors (Lipinski definition) is 1. The smallest absolute Gasteiger partial charge is 0.223 e. The Morgan fingerprint density at radius 1 is 1.35 bits per heavy atom. The molecule has 0 aliphatic carbocycles. The van der Waals surface area contributed by atoms with E-state index in [0.29, 0.717) is 5.56 Å². The largest absolute Gasteiger partial charge is 0.338 e. The van der Waals surface area contributed by atoms with Gasteiger partial charge in [-0.05, 0) is 17.7 Å². The first-order chi connectivity index (χ1) is 11.0. The predicted octanol–water partition coefficient (Wildman–Crippen LogP) is 2.21. The zero-order chi connectivity index (χ0) is 16.6. The minimum absolute atomic E-state index is 0.0737. The summed E-state index contributed by atoms with van der Waals surface area (Å²) in [5, 5.41) is 15.2. The van der Waals surface area contributed by atoms with Crippen LogP contribution in [0.5, 0.6) is 0 Å². The summed E-state index contributed by atoms with van der Waals surface area (Å²) in [4.78, 5) is 13.6. The second-order valence-electron chi connectivity index (χ2n) is 5.36. The van der Waals surface area contributed by atoms with Crippen LogP contribution in [0.25, 0.3) is 0 Å². The van der Waals surface area contributed by atoms with Gasteiger partial charge in [0.15, 0.2) is 17.5 Å². The van der Waals surface area contributed by atoms with Gasteiger partial charge in [-0.15, -0.1) is 0 Å². The lowest BCUT2D eigenvalue weighted by molar-refractivity contribution is -0.128. The number of aromatic amines is 1. The van der Waals surface area contributed by atoms with Crippen molar-refractivity contribution in [3.8, 4) is 6.07 Å². The monoisotopic (exact) mass is 320 g/mol. The van der Waals surface area contributed by atoms with Crippen LogP contribution in [0, 0.1) is 28.8 Å². The molecule has 118 valence electrons. The molecule has 1 atom stereocenters. The maximum atomic E-state index is 13.3. The average molecular weight is 320 g/mol. The molecule has 0 spiro atoms. The molecule has 1 unspecified atom stereocenters. The van der Waals surface area contributed by atoms with Crippen molar-refractivity contribution in [1.82, 2.24) is 15.1 Å². The molecule has 1 amide bonds. The zero-order valence-electron chi connectivity index (χ0n) is 11.8. The summed E-state index contributed by atoms with van der Waals surface area (Å²) in [7, 11) is 0. The summed E-state index contributed by atoms with van der Waals surface area (Å²) in [6.45, 7) is 0.417. The number of rotatable bonds is 3. The molecule has 1 aliphatic rings. The van der Waals surface area contributed by atoms with E-state index in [0.717, 1.165) is 12.1 Å². The van der Waals surface area contributed by atoms with Gasteiger partial charge in [-0.1, -0.05) is 0 Å². The van der Waals surface area contributed by atoms with Crippen LogP contribution in [0.15, 0.2) is 18.3 Å². The lowest BCUT2D eigenvalue weighted by Gasteiger charge is -2.16. The molecule has 5 nitrogen and oxygen atoms in total. The van der Waals surface area contributed by atoms with Crippen LogP contribution in [0.2, 0.25) is 0 Å². The van der Waals surface area contributed by atoms with Gasteiger partial charge in [0.25, 0.3) is 0 Å². The van der Waals surface area contributed by atoms with Crippen molar-refractivity contribution in [1.29, 1.82) is 5.26 Å². The second kappa shape index (κ2) is 5.76. The van der Waals surface area contributed by atoms with Gasteiger partial charge in [0.05, 0.1) is 12.7 Å². The fourth-order valence-corrected chi connectivity index (χ4v) is 2.69. The molecule has 0 bridgehead atoms. The highest BCUT2D eigenvalue weighted by Crippen LogP contribution is 2.31. The van der Waals surface area contributed by atoms with Crippen molar-refractivity contribution in [2.75, 3.05) is 6.54 Å². The Morgan fingerprint density at radius 3 is 2.70 bits per heavy atom. The number of hydrogen-bond acceptors (Lipinski definition) is 3. The third-order valence-corrected chi connectivity index (χ3v) is 3.88. The molecular weight excluding hydrogens is 309 g/mol. The SMILES string of the molecule is N#Cc1[nH]ncc1CN1CC(c2cc(F)c(F)c(F)c2)CC1=O. The highest BCUT2D eigenvalue weighted by Gasteiger charge is 2.32. The first-order valence-corrected chi connectivity index (χ1v) is 6.84. The molecule has 1 aromatic heterocycles. The summed E-state index contributed by atoms with van der Waals surface area (Å²) in [5.41, 5.74) is 1.07. The van der Waals surface area contributed by atoms with Gasteiger partial charge in [0.1, 0.15) is 11.8 Å². The van der Waals surface area contributed by atoms with E-state index < -0.39 is 23.4 Å². The number of carbonyl (C=O) groups excluding carboxylic acids is 1. The lowest BCUT2D eigenvalue weighted by Crippen LogP contribution is -2.24. The van der Waals surface area contributed by atoms with Crippen LogP contribution in [0.1, 0.15) is 29.2 Å². The van der Waals surface area contributed by atoms with E-state index in [1.54, 1.807) is 0 Å². The Bertz CT molecular complexity index is 788. The van der Waals surface area contributed by atoms with Gasteiger partial charge in [-0.3, -0.25) is 9.89 Å². The quantitative estimate of drug-likeness (QED) is 0.881. The van der Waals surface area contributed by atoms with Crippen LogP contribution in [-0.2, 0) is 11.3 Å². The molecule has 2 aromatic rings. The van der Waals surface area contributed by atoms with Crippen LogP contribution in [0.4, 0.5) is 13.2 Å². The van der Waals surface area contributed by atoms with Gasteiger partial charge >= 0.3 is 0 Å². The molecule has 1 aliphatic heterocycles. The van der Waals surface area contributed by atoms with Gasteiger partial charge < -0.3 is 4.90 Å². The van der Waals surface area contributed by atoms with Crippen molar-refractivity contribution < 1.29 is 18.0 Å². The highest BCUT2D eigenvalue weighted by molar-refractivity contribution is 5.79. The van der Waals surface area contributed by atoms with E-state index in [9.17, 15) is 18.0 Å². The van der Waals surface area contributed by atoms with E-state index in [2.05, 4.69) is 10.2 Å². The molecule has 23 heavy (non-hydrogen) atoms. The Kier molecular flexibility index (Phi) is 3.78. The molecule has 2 heterocycles. The minimum Gasteiger partial charge on any atom is -0.338 e. The maximum Gasteiger partial charge on any atom is 0.223 e. The van der Waals surface area contributed by atoms with E-state index >= 15 is 0 Å². The van der Waals surface area contributed by atoms with Crippen molar-refractivity contribution in [2.24, 2.45) is 0 Å². The first-order valence-electron chi connectivity index (χ1n) is 6.84. The van der Waals surface area contributed by atoms with Crippen LogP contribution < -0.4 is 0 Å². The van der Waals surface area contributed by atoms with E-state index in [4.69, 9.17) is 5.26 Å². The number of nitrogens with one attached hydrogen (secondary N) is 1. The third kappa shape index (κ3) is 2.77. The number of carbonyl (C=O) groups is 1. The molecule has 3 rings (SSSR count). The summed E-state index contributed by atoms with van der Waals surface area (Å²) in [6, 6.07) is 3.76. The molecule has 1 fully saturated rings. The number of aromatic nitrogens is 2. The number of halogens is 3. The average Bonchev–Trinajstić information content (AvgIpc) is 3.11. The van der Waals surface area contributed by atoms with Gasteiger partial charge in [0.2, 0.25) is 5.91 Å². The molecular formula is C15H11F3N4O. The number of benzene rings is 1. The predicted molar refractivity (Wildman–Crippen MR) is 72.4 cm³/mol. The Morgan fingerprint density at radius 2 is 2.04 bits per heavy atom.